The maximum Gasteiger partial charge on any atom is 0.254 e. The number of methoxy groups -OCH3 is 3. The van der Waals surface area contributed by atoms with Gasteiger partial charge < -0.3 is 29.0 Å². The Morgan fingerprint density at radius 3 is 2.23 bits per heavy atom. The van der Waals surface area contributed by atoms with E-state index < -0.39 is 0 Å². The minimum absolute atomic E-state index is 0.0251. The summed E-state index contributed by atoms with van der Waals surface area (Å²) in [4.78, 5) is 34.3. The molecular weight excluding hydrogens is 542 g/mol. The van der Waals surface area contributed by atoms with Crippen LogP contribution in [0.4, 0.5) is 0 Å². The molecule has 4 aromatic rings. The molecule has 8 nitrogen and oxygen atoms in total. The maximum absolute atomic E-state index is 14.0. The number of aromatic nitrogens is 1. The highest BCUT2D eigenvalue weighted by Gasteiger charge is 2.24. The van der Waals surface area contributed by atoms with Crippen LogP contribution < -0.4 is 9.47 Å². The second-order valence-corrected chi connectivity index (χ2v) is 11.7. The molecule has 1 N–H and O–H groups in total. The Balaban J connectivity index is 1.58. The number of para-hydroxylation sites is 1. The fourth-order valence-corrected chi connectivity index (χ4v) is 5.10. The molecule has 1 aromatic heterocycles. The lowest BCUT2D eigenvalue weighted by atomic mass is 9.86. The Labute approximate surface area is 254 Å². The first-order chi connectivity index (χ1) is 20.6. The van der Waals surface area contributed by atoms with Gasteiger partial charge in [0.15, 0.2) is 11.5 Å². The number of nitrogens with one attached hydrogen (secondary N) is 1. The molecule has 0 aliphatic rings. The van der Waals surface area contributed by atoms with Crippen LogP contribution in [0.3, 0.4) is 0 Å². The van der Waals surface area contributed by atoms with Crippen molar-refractivity contribution in [3.05, 3.63) is 95.2 Å². The first-order valence-corrected chi connectivity index (χ1v) is 14.6. The number of carbonyl (C=O) groups excluding carboxylic acids is 2. The largest absolute Gasteiger partial charge is 0.493 e. The Morgan fingerprint density at radius 2 is 1.56 bits per heavy atom. The number of fused-ring (bicyclic) bond motifs is 1. The second kappa shape index (κ2) is 14.2. The van der Waals surface area contributed by atoms with E-state index >= 15 is 0 Å². The summed E-state index contributed by atoms with van der Waals surface area (Å²) in [5.41, 5.74) is 4.75. The molecule has 0 saturated carbocycles. The van der Waals surface area contributed by atoms with E-state index in [4.69, 9.17) is 14.2 Å². The predicted molar refractivity (Wildman–Crippen MR) is 170 cm³/mol. The van der Waals surface area contributed by atoms with Gasteiger partial charge in [-0.15, -0.1) is 0 Å². The summed E-state index contributed by atoms with van der Waals surface area (Å²) in [6.45, 7) is 7.79. The van der Waals surface area contributed by atoms with E-state index in [1.165, 1.54) is 0 Å². The molecule has 0 unspecified atom stereocenters. The van der Waals surface area contributed by atoms with Crippen molar-refractivity contribution in [1.82, 2.24) is 14.8 Å². The van der Waals surface area contributed by atoms with Gasteiger partial charge in [0.25, 0.3) is 5.91 Å². The number of nitrogens with zero attached hydrogens (tertiary/aromatic N) is 2. The molecule has 1 heterocycles. The number of ether oxygens (including phenoxy) is 3. The van der Waals surface area contributed by atoms with Crippen LogP contribution in [0.5, 0.6) is 11.5 Å². The SMILES string of the molecule is COCCN(CC(=O)N(CCc1c[nH]c2ccccc12)Cc1ccc(OC)c(OC)c1)C(=O)c1ccc(C(C)(C)C)cc1. The molecule has 0 aliphatic heterocycles. The normalized spacial score (nSPS) is 11.4. The van der Waals surface area contributed by atoms with E-state index in [1.54, 1.807) is 31.1 Å². The highest BCUT2D eigenvalue weighted by molar-refractivity contribution is 5.96. The summed E-state index contributed by atoms with van der Waals surface area (Å²) in [5.74, 6) is 0.871. The van der Waals surface area contributed by atoms with Crippen molar-refractivity contribution in [2.75, 3.05) is 47.6 Å². The van der Waals surface area contributed by atoms with Crippen LogP contribution in [0.1, 0.15) is 47.8 Å². The minimum atomic E-state index is -0.200. The van der Waals surface area contributed by atoms with Gasteiger partial charge in [0.2, 0.25) is 5.91 Å². The van der Waals surface area contributed by atoms with E-state index in [0.717, 1.165) is 27.6 Å². The Morgan fingerprint density at radius 1 is 0.837 bits per heavy atom. The summed E-state index contributed by atoms with van der Waals surface area (Å²) >= 11 is 0. The summed E-state index contributed by atoms with van der Waals surface area (Å²) in [7, 11) is 4.78. The molecule has 0 saturated heterocycles. The minimum Gasteiger partial charge on any atom is -0.493 e. The third kappa shape index (κ3) is 7.96. The van der Waals surface area contributed by atoms with Gasteiger partial charge in [-0.25, -0.2) is 0 Å². The van der Waals surface area contributed by atoms with E-state index in [9.17, 15) is 9.59 Å². The smallest absolute Gasteiger partial charge is 0.254 e. The molecule has 0 spiro atoms. The molecule has 8 heteroatoms. The van der Waals surface area contributed by atoms with E-state index in [-0.39, 0.29) is 23.8 Å². The topological polar surface area (TPSA) is 84.1 Å². The number of rotatable bonds is 13. The molecule has 0 fully saturated rings. The number of amides is 2. The molecule has 3 aromatic carbocycles. The van der Waals surface area contributed by atoms with Crippen LogP contribution >= 0.6 is 0 Å². The van der Waals surface area contributed by atoms with Gasteiger partial charge in [-0.2, -0.15) is 0 Å². The van der Waals surface area contributed by atoms with Crippen LogP contribution in [0, 0.1) is 0 Å². The van der Waals surface area contributed by atoms with Gasteiger partial charge in [-0.3, -0.25) is 9.59 Å². The average molecular weight is 586 g/mol. The molecular formula is C35H43N3O5. The first-order valence-electron chi connectivity index (χ1n) is 14.6. The molecule has 0 atom stereocenters. The highest BCUT2D eigenvalue weighted by atomic mass is 16.5. The van der Waals surface area contributed by atoms with Crippen molar-refractivity contribution in [2.45, 2.75) is 39.2 Å². The molecule has 0 aliphatic carbocycles. The van der Waals surface area contributed by atoms with Crippen molar-refractivity contribution in [3.63, 3.8) is 0 Å². The molecule has 2 amide bonds. The van der Waals surface area contributed by atoms with E-state index in [0.29, 0.717) is 49.7 Å². The van der Waals surface area contributed by atoms with Crippen molar-refractivity contribution >= 4 is 22.7 Å². The highest BCUT2D eigenvalue weighted by Crippen LogP contribution is 2.28. The Bertz CT molecular complexity index is 1520. The van der Waals surface area contributed by atoms with Crippen molar-refractivity contribution in [1.29, 1.82) is 0 Å². The van der Waals surface area contributed by atoms with Crippen molar-refractivity contribution < 1.29 is 23.8 Å². The zero-order valence-corrected chi connectivity index (χ0v) is 26.1. The van der Waals surface area contributed by atoms with Gasteiger partial charge in [0, 0.05) is 49.4 Å². The summed E-state index contributed by atoms with van der Waals surface area (Å²) in [5, 5.41) is 1.14. The summed E-state index contributed by atoms with van der Waals surface area (Å²) < 4.78 is 16.2. The standard InChI is InChI=1S/C35H43N3O5/c1-35(2,3)28-14-12-26(13-15-28)34(40)38(19-20-41-4)24-33(39)37(23-25-11-16-31(42-5)32(21-25)43-6)18-17-27-22-36-30-10-8-7-9-29(27)30/h7-16,21-22,36H,17-20,23-24H2,1-6H3. The number of benzene rings is 3. The lowest BCUT2D eigenvalue weighted by molar-refractivity contribution is -0.132. The van der Waals surface area contributed by atoms with E-state index in [1.807, 2.05) is 66.9 Å². The van der Waals surface area contributed by atoms with Gasteiger partial charge in [0.05, 0.1) is 20.8 Å². The fraction of sp³-hybridized carbons (Fsp3) is 0.371. The third-order valence-corrected chi connectivity index (χ3v) is 7.68. The average Bonchev–Trinajstić information content (AvgIpc) is 3.43. The maximum atomic E-state index is 14.0. The zero-order valence-electron chi connectivity index (χ0n) is 26.1. The molecule has 43 heavy (non-hydrogen) atoms. The molecule has 4 rings (SSSR count). The number of hydrogen-bond acceptors (Lipinski definition) is 5. The summed E-state index contributed by atoms with van der Waals surface area (Å²) in [6.07, 6.45) is 2.66. The fourth-order valence-electron chi connectivity index (χ4n) is 5.10. The van der Waals surface area contributed by atoms with E-state index in [2.05, 4.69) is 31.8 Å². The number of carbonyl (C=O) groups is 2. The van der Waals surface area contributed by atoms with Crippen molar-refractivity contribution in [3.8, 4) is 11.5 Å². The molecule has 228 valence electrons. The van der Waals surface area contributed by atoms with Crippen LogP contribution in [0.2, 0.25) is 0 Å². The van der Waals surface area contributed by atoms with Crippen LogP contribution in [0.25, 0.3) is 10.9 Å². The van der Waals surface area contributed by atoms with Gasteiger partial charge in [0.1, 0.15) is 6.54 Å². The van der Waals surface area contributed by atoms with Gasteiger partial charge in [-0.05, 0) is 58.9 Å². The molecule has 0 bridgehead atoms. The first kappa shape index (κ1) is 31.6. The lowest BCUT2D eigenvalue weighted by Crippen LogP contribution is -2.44. The second-order valence-electron chi connectivity index (χ2n) is 11.7. The predicted octanol–water partition coefficient (Wildman–Crippen LogP) is 5.84. The Kier molecular flexibility index (Phi) is 10.5. The van der Waals surface area contributed by atoms with Crippen molar-refractivity contribution in [2.24, 2.45) is 0 Å². The van der Waals surface area contributed by atoms with Crippen LogP contribution in [-0.4, -0.2) is 74.2 Å². The monoisotopic (exact) mass is 585 g/mol. The quantitative estimate of drug-likeness (QED) is 0.213. The number of H-pyrrole nitrogens is 1. The van der Waals surface area contributed by atoms with Gasteiger partial charge in [-0.1, -0.05) is 57.2 Å². The van der Waals surface area contributed by atoms with Gasteiger partial charge >= 0.3 is 0 Å². The van der Waals surface area contributed by atoms with Crippen LogP contribution in [-0.2, 0) is 27.9 Å². The summed E-state index contributed by atoms with van der Waals surface area (Å²) in [6, 6.07) is 21.4. The molecule has 0 radical (unpaired) electrons. The number of aromatic amines is 1. The third-order valence-electron chi connectivity index (χ3n) is 7.68. The number of hydrogen-bond donors (Lipinski definition) is 1. The Hall–Kier alpha value is -4.30. The lowest BCUT2D eigenvalue weighted by Gasteiger charge is -2.28. The zero-order chi connectivity index (χ0) is 31.0. The van der Waals surface area contributed by atoms with Crippen LogP contribution in [0.15, 0.2) is 72.9 Å².